The molecule has 1 aromatic rings. The molecule has 2 rings (SSSR count). The summed E-state index contributed by atoms with van der Waals surface area (Å²) in [6.45, 7) is 5.28. The Hall–Kier alpha value is -1.33. The highest BCUT2D eigenvalue weighted by Gasteiger charge is 2.18. The quantitative estimate of drug-likeness (QED) is 0.757. The van der Waals surface area contributed by atoms with Crippen LogP contribution in [0.15, 0.2) is 24.3 Å². The zero-order valence-corrected chi connectivity index (χ0v) is 9.82. The molecule has 1 heterocycles. The predicted octanol–water partition coefficient (Wildman–Crippen LogP) is 2.73. The first-order valence-corrected chi connectivity index (χ1v) is 5.95. The molecular weight excluding hydrogens is 196 g/mol. The Labute approximate surface area is 97.5 Å². The number of nitrogens with zero attached hydrogens (tertiary/aromatic N) is 2. The standard InChI is InChI=1S/C14H18N2/c1-12-3-2-4-14(9-12)11-16-7-5-13(10-15)6-8-16/h2-4,9,13H,5-8,11H2,1H3. The third-order valence-corrected chi connectivity index (χ3v) is 3.26. The van der Waals surface area contributed by atoms with Crippen molar-refractivity contribution in [1.82, 2.24) is 4.90 Å². The summed E-state index contributed by atoms with van der Waals surface area (Å²) < 4.78 is 0. The van der Waals surface area contributed by atoms with E-state index in [9.17, 15) is 0 Å². The van der Waals surface area contributed by atoms with Crippen LogP contribution in [0.1, 0.15) is 24.0 Å². The van der Waals surface area contributed by atoms with Gasteiger partial charge in [0.1, 0.15) is 0 Å². The molecule has 1 aliphatic rings. The van der Waals surface area contributed by atoms with Gasteiger partial charge in [-0.05, 0) is 38.4 Å². The van der Waals surface area contributed by atoms with E-state index in [0.29, 0.717) is 0 Å². The number of nitriles is 1. The van der Waals surface area contributed by atoms with Gasteiger partial charge in [-0.25, -0.2) is 0 Å². The average molecular weight is 214 g/mol. The second-order valence-electron chi connectivity index (χ2n) is 4.67. The first kappa shape index (κ1) is 11.2. The van der Waals surface area contributed by atoms with Gasteiger partial charge in [-0.3, -0.25) is 4.90 Å². The van der Waals surface area contributed by atoms with Gasteiger partial charge in [0.2, 0.25) is 0 Å². The number of benzene rings is 1. The van der Waals surface area contributed by atoms with Crippen LogP contribution in [0.25, 0.3) is 0 Å². The molecule has 0 N–H and O–H groups in total. The Balaban J connectivity index is 1.90. The lowest BCUT2D eigenvalue weighted by Crippen LogP contribution is -2.32. The summed E-state index contributed by atoms with van der Waals surface area (Å²) in [6, 6.07) is 11.0. The summed E-state index contributed by atoms with van der Waals surface area (Å²) in [5, 5.41) is 8.83. The largest absolute Gasteiger partial charge is 0.299 e. The molecule has 16 heavy (non-hydrogen) atoms. The topological polar surface area (TPSA) is 27.0 Å². The first-order valence-electron chi connectivity index (χ1n) is 5.95. The summed E-state index contributed by atoms with van der Waals surface area (Å²) in [5.41, 5.74) is 2.71. The van der Waals surface area contributed by atoms with Gasteiger partial charge in [0, 0.05) is 12.5 Å². The number of hydrogen-bond donors (Lipinski definition) is 0. The van der Waals surface area contributed by atoms with E-state index in [-0.39, 0.29) is 5.92 Å². The van der Waals surface area contributed by atoms with Gasteiger partial charge in [-0.15, -0.1) is 0 Å². The molecule has 0 spiro atoms. The van der Waals surface area contributed by atoms with Crippen molar-refractivity contribution in [3.63, 3.8) is 0 Å². The third-order valence-electron chi connectivity index (χ3n) is 3.26. The fourth-order valence-electron chi connectivity index (χ4n) is 2.29. The zero-order chi connectivity index (χ0) is 11.4. The third kappa shape index (κ3) is 2.84. The fourth-order valence-corrected chi connectivity index (χ4v) is 2.29. The van der Waals surface area contributed by atoms with Crippen molar-refractivity contribution in [3.8, 4) is 6.07 Å². The minimum absolute atomic E-state index is 0.286. The maximum Gasteiger partial charge on any atom is 0.0656 e. The van der Waals surface area contributed by atoms with E-state index in [4.69, 9.17) is 5.26 Å². The molecule has 1 fully saturated rings. The molecule has 2 heteroatoms. The van der Waals surface area contributed by atoms with Crippen molar-refractivity contribution < 1.29 is 0 Å². The van der Waals surface area contributed by atoms with Crippen molar-refractivity contribution in [2.45, 2.75) is 26.3 Å². The number of likely N-dealkylation sites (tertiary alicyclic amines) is 1. The van der Waals surface area contributed by atoms with Crippen LogP contribution in [-0.2, 0) is 6.54 Å². The summed E-state index contributed by atoms with van der Waals surface area (Å²) in [5.74, 6) is 0.286. The molecule has 0 radical (unpaired) electrons. The molecule has 84 valence electrons. The van der Waals surface area contributed by atoms with Crippen LogP contribution in [0.3, 0.4) is 0 Å². The first-order chi connectivity index (χ1) is 7.78. The van der Waals surface area contributed by atoms with Crippen LogP contribution in [0, 0.1) is 24.2 Å². The van der Waals surface area contributed by atoms with Gasteiger partial charge < -0.3 is 0 Å². The van der Waals surface area contributed by atoms with Gasteiger partial charge in [0.15, 0.2) is 0 Å². The molecule has 0 atom stereocenters. The summed E-state index contributed by atoms with van der Waals surface area (Å²) in [6.07, 6.45) is 2.06. The smallest absolute Gasteiger partial charge is 0.0656 e. The molecule has 2 nitrogen and oxygen atoms in total. The minimum Gasteiger partial charge on any atom is -0.299 e. The van der Waals surface area contributed by atoms with Gasteiger partial charge in [0.05, 0.1) is 6.07 Å². The maximum atomic E-state index is 8.83. The second-order valence-corrected chi connectivity index (χ2v) is 4.67. The highest BCUT2D eigenvalue weighted by Crippen LogP contribution is 2.18. The SMILES string of the molecule is Cc1cccc(CN2CCC(C#N)CC2)c1. The van der Waals surface area contributed by atoms with E-state index >= 15 is 0 Å². The fraction of sp³-hybridized carbons (Fsp3) is 0.500. The van der Waals surface area contributed by atoms with Crippen LogP contribution in [0.5, 0.6) is 0 Å². The van der Waals surface area contributed by atoms with E-state index in [1.54, 1.807) is 0 Å². The van der Waals surface area contributed by atoms with Crippen LogP contribution in [0.2, 0.25) is 0 Å². The lowest BCUT2D eigenvalue weighted by Gasteiger charge is -2.29. The number of aryl methyl sites for hydroxylation is 1. The van der Waals surface area contributed by atoms with Crippen molar-refractivity contribution in [3.05, 3.63) is 35.4 Å². The average Bonchev–Trinajstić information content (AvgIpc) is 2.30. The molecule has 0 aromatic heterocycles. The monoisotopic (exact) mass is 214 g/mol. The maximum absolute atomic E-state index is 8.83. The normalized spacial score (nSPS) is 18.2. The van der Waals surface area contributed by atoms with Crippen LogP contribution in [0.4, 0.5) is 0 Å². The Morgan fingerprint density at radius 2 is 2.12 bits per heavy atom. The molecule has 1 aromatic carbocycles. The molecule has 0 aliphatic carbocycles. The van der Waals surface area contributed by atoms with E-state index in [1.807, 2.05) is 0 Å². The lowest BCUT2D eigenvalue weighted by molar-refractivity contribution is 0.198. The molecule has 0 unspecified atom stereocenters. The number of hydrogen-bond acceptors (Lipinski definition) is 2. The van der Waals surface area contributed by atoms with E-state index in [0.717, 1.165) is 32.5 Å². The van der Waals surface area contributed by atoms with Crippen molar-refractivity contribution in [2.24, 2.45) is 5.92 Å². The van der Waals surface area contributed by atoms with Gasteiger partial charge in [-0.2, -0.15) is 5.26 Å². The molecule has 0 bridgehead atoms. The number of piperidine rings is 1. The Morgan fingerprint density at radius 3 is 2.75 bits per heavy atom. The van der Waals surface area contributed by atoms with E-state index in [2.05, 4.69) is 42.2 Å². The minimum atomic E-state index is 0.286. The van der Waals surface area contributed by atoms with Crippen LogP contribution < -0.4 is 0 Å². The lowest BCUT2D eigenvalue weighted by atomic mass is 9.98. The summed E-state index contributed by atoms with van der Waals surface area (Å²) in [7, 11) is 0. The van der Waals surface area contributed by atoms with Gasteiger partial charge >= 0.3 is 0 Å². The Morgan fingerprint density at radius 1 is 1.38 bits per heavy atom. The van der Waals surface area contributed by atoms with Gasteiger partial charge in [0.25, 0.3) is 0 Å². The molecule has 0 saturated carbocycles. The number of rotatable bonds is 2. The van der Waals surface area contributed by atoms with E-state index < -0.39 is 0 Å². The van der Waals surface area contributed by atoms with Crippen LogP contribution in [-0.4, -0.2) is 18.0 Å². The van der Waals surface area contributed by atoms with Gasteiger partial charge in [-0.1, -0.05) is 29.8 Å². The second kappa shape index (κ2) is 5.14. The van der Waals surface area contributed by atoms with Crippen LogP contribution >= 0.6 is 0 Å². The predicted molar refractivity (Wildman–Crippen MR) is 64.8 cm³/mol. The molecule has 0 amide bonds. The molecule has 1 saturated heterocycles. The summed E-state index contributed by atoms with van der Waals surface area (Å²) >= 11 is 0. The van der Waals surface area contributed by atoms with Crippen molar-refractivity contribution in [1.29, 1.82) is 5.26 Å². The highest BCUT2D eigenvalue weighted by molar-refractivity contribution is 5.22. The molecule has 1 aliphatic heterocycles. The van der Waals surface area contributed by atoms with Crippen molar-refractivity contribution in [2.75, 3.05) is 13.1 Å². The van der Waals surface area contributed by atoms with Crippen molar-refractivity contribution >= 4 is 0 Å². The highest BCUT2D eigenvalue weighted by atomic mass is 15.1. The molecular formula is C14H18N2. The van der Waals surface area contributed by atoms with E-state index in [1.165, 1.54) is 11.1 Å². The summed E-state index contributed by atoms with van der Waals surface area (Å²) in [4.78, 5) is 2.45. The Kier molecular flexibility index (Phi) is 3.58. The zero-order valence-electron chi connectivity index (χ0n) is 9.82. The Bertz CT molecular complexity index is 384.